The number of hydrogen-bond acceptors (Lipinski definition) is 3. The van der Waals surface area contributed by atoms with Gasteiger partial charge in [-0.05, 0) is 50.0 Å². The van der Waals surface area contributed by atoms with Gasteiger partial charge in [-0.1, -0.05) is 37.0 Å². The van der Waals surface area contributed by atoms with Crippen LogP contribution in [-0.2, 0) is 6.54 Å². The topological polar surface area (TPSA) is 24.5 Å². The van der Waals surface area contributed by atoms with E-state index in [2.05, 4.69) is 24.1 Å². The molecule has 0 amide bonds. The van der Waals surface area contributed by atoms with E-state index in [9.17, 15) is 0 Å². The van der Waals surface area contributed by atoms with Gasteiger partial charge < -0.3 is 10.1 Å². The van der Waals surface area contributed by atoms with Crippen molar-refractivity contribution in [2.45, 2.75) is 45.7 Å². The van der Waals surface area contributed by atoms with Crippen LogP contribution in [0.1, 0.15) is 38.7 Å². The minimum absolute atomic E-state index is 0.591. The molecule has 1 heterocycles. The van der Waals surface area contributed by atoms with E-state index in [1.54, 1.807) is 0 Å². The van der Waals surface area contributed by atoms with Gasteiger partial charge >= 0.3 is 0 Å². The molecule has 1 aromatic rings. The highest BCUT2D eigenvalue weighted by atomic mass is 35.5. The Morgan fingerprint density at radius 1 is 1.27 bits per heavy atom. The first-order valence-electron chi connectivity index (χ1n) is 8.21. The number of ether oxygens (including phenoxy) is 1. The summed E-state index contributed by atoms with van der Waals surface area (Å²) in [4.78, 5) is 2.54. The van der Waals surface area contributed by atoms with Crippen molar-refractivity contribution in [2.75, 3.05) is 26.2 Å². The lowest BCUT2D eigenvalue weighted by Crippen LogP contribution is -2.37. The summed E-state index contributed by atoms with van der Waals surface area (Å²) >= 11 is 12.6. The van der Waals surface area contributed by atoms with E-state index in [0.717, 1.165) is 31.6 Å². The van der Waals surface area contributed by atoms with Crippen LogP contribution in [0.25, 0.3) is 0 Å². The second-order valence-corrected chi connectivity index (χ2v) is 6.61. The van der Waals surface area contributed by atoms with E-state index in [1.165, 1.54) is 19.4 Å². The molecule has 5 heteroatoms. The smallest absolute Gasteiger partial charge is 0.156 e. The summed E-state index contributed by atoms with van der Waals surface area (Å²) < 4.78 is 5.60. The highest BCUT2D eigenvalue weighted by molar-refractivity contribution is 6.37. The van der Waals surface area contributed by atoms with E-state index in [4.69, 9.17) is 27.9 Å². The molecule has 0 saturated carbocycles. The SMILES string of the molecule is CCCOc1c(Cl)cc(CNC[C@@H]2CCCN2CC)cc1Cl. The summed E-state index contributed by atoms with van der Waals surface area (Å²) in [6.45, 7) is 9.07. The highest BCUT2D eigenvalue weighted by Crippen LogP contribution is 2.34. The van der Waals surface area contributed by atoms with E-state index < -0.39 is 0 Å². The van der Waals surface area contributed by atoms with Crippen molar-refractivity contribution >= 4 is 23.2 Å². The Morgan fingerprint density at radius 2 is 2.00 bits per heavy atom. The molecule has 22 heavy (non-hydrogen) atoms. The number of nitrogens with zero attached hydrogens (tertiary/aromatic N) is 1. The molecule has 0 aliphatic carbocycles. The van der Waals surface area contributed by atoms with E-state index >= 15 is 0 Å². The lowest BCUT2D eigenvalue weighted by Gasteiger charge is -2.23. The van der Waals surface area contributed by atoms with E-state index in [-0.39, 0.29) is 0 Å². The maximum atomic E-state index is 6.28. The van der Waals surface area contributed by atoms with Crippen molar-refractivity contribution in [3.8, 4) is 5.75 Å². The lowest BCUT2D eigenvalue weighted by molar-refractivity contribution is 0.260. The Balaban J connectivity index is 1.88. The van der Waals surface area contributed by atoms with Crippen LogP contribution in [0.3, 0.4) is 0 Å². The molecule has 0 radical (unpaired) electrons. The Kier molecular flexibility index (Phi) is 7.29. The van der Waals surface area contributed by atoms with Gasteiger partial charge in [0.2, 0.25) is 0 Å². The van der Waals surface area contributed by atoms with Gasteiger partial charge in [0.1, 0.15) is 0 Å². The minimum atomic E-state index is 0.591. The zero-order valence-electron chi connectivity index (χ0n) is 13.5. The van der Waals surface area contributed by atoms with Gasteiger partial charge in [0.05, 0.1) is 16.7 Å². The quantitative estimate of drug-likeness (QED) is 0.758. The second kappa shape index (κ2) is 8.97. The predicted molar refractivity (Wildman–Crippen MR) is 94.2 cm³/mol. The Bertz CT molecular complexity index is 459. The lowest BCUT2D eigenvalue weighted by atomic mass is 10.2. The van der Waals surface area contributed by atoms with Gasteiger partial charge in [-0.3, -0.25) is 4.90 Å². The number of rotatable bonds is 8. The molecule has 1 fully saturated rings. The standard InChI is InChI=1S/C17H26Cl2N2O/c1-3-8-22-17-15(18)9-13(10-16(17)19)11-20-12-14-6-5-7-21(14)4-2/h9-10,14,20H,3-8,11-12H2,1-2H3/t14-/m0/s1. The second-order valence-electron chi connectivity index (χ2n) is 5.79. The van der Waals surface area contributed by atoms with Gasteiger partial charge in [-0.15, -0.1) is 0 Å². The van der Waals surface area contributed by atoms with Crippen LogP contribution in [0.5, 0.6) is 5.75 Å². The fourth-order valence-corrected chi connectivity index (χ4v) is 3.62. The number of likely N-dealkylation sites (tertiary alicyclic amines) is 1. The highest BCUT2D eigenvalue weighted by Gasteiger charge is 2.22. The van der Waals surface area contributed by atoms with Crippen molar-refractivity contribution in [3.63, 3.8) is 0 Å². The number of halogens is 2. The molecule has 0 bridgehead atoms. The Morgan fingerprint density at radius 3 is 2.64 bits per heavy atom. The fraction of sp³-hybridized carbons (Fsp3) is 0.647. The van der Waals surface area contributed by atoms with Crippen molar-refractivity contribution in [2.24, 2.45) is 0 Å². The number of nitrogens with one attached hydrogen (secondary N) is 1. The first-order chi connectivity index (χ1) is 10.7. The molecule has 0 spiro atoms. The van der Waals surface area contributed by atoms with Crippen LogP contribution >= 0.6 is 23.2 Å². The van der Waals surface area contributed by atoms with Crippen LogP contribution < -0.4 is 10.1 Å². The molecule has 124 valence electrons. The third kappa shape index (κ3) is 4.76. The number of benzene rings is 1. The first-order valence-corrected chi connectivity index (χ1v) is 8.96. The first kappa shape index (κ1) is 17.9. The Hall–Kier alpha value is -0.480. The van der Waals surface area contributed by atoms with Crippen molar-refractivity contribution < 1.29 is 4.74 Å². The normalized spacial score (nSPS) is 18.8. The van der Waals surface area contributed by atoms with Gasteiger partial charge in [0.15, 0.2) is 5.75 Å². The molecule has 1 aliphatic rings. The zero-order valence-corrected chi connectivity index (χ0v) is 15.0. The molecular formula is C17H26Cl2N2O. The van der Waals surface area contributed by atoms with Crippen LogP contribution in [0.15, 0.2) is 12.1 Å². The maximum absolute atomic E-state index is 6.28. The van der Waals surface area contributed by atoms with Gasteiger partial charge in [-0.25, -0.2) is 0 Å². The molecule has 0 unspecified atom stereocenters. The molecular weight excluding hydrogens is 319 g/mol. The summed E-state index contributed by atoms with van der Waals surface area (Å²) in [5, 5.41) is 4.71. The summed E-state index contributed by atoms with van der Waals surface area (Å²) in [7, 11) is 0. The summed E-state index contributed by atoms with van der Waals surface area (Å²) in [5.41, 5.74) is 1.10. The molecule has 1 atom stereocenters. The largest absolute Gasteiger partial charge is 0.490 e. The number of hydrogen-bond donors (Lipinski definition) is 1. The molecule has 3 nitrogen and oxygen atoms in total. The summed E-state index contributed by atoms with van der Waals surface area (Å²) in [6.07, 6.45) is 3.53. The van der Waals surface area contributed by atoms with Crippen molar-refractivity contribution in [3.05, 3.63) is 27.7 Å². The van der Waals surface area contributed by atoms with E-state index in [0.29, 0.717) is 28.4 Å². The molecule has 2 rings (SSSR count). The fourth-order valence-electron chi connectivity index (χ4n) is 2.98. The van der Waals surface area contributed by atoms with Crippen LogP contribution in [0.2, 0.25) is 10.0 Å². The molecule has 1 aromatic carbocycles. The predicted octanol–water partition coefficient (Wildman–Crippen LogP) is 4.36. The number of likely N-dealkylation sites (N-methyl/N-ethyl adjacent to an activating group) is 1. The summed E-state index contributed by atoms with van der Waals surface area (Å²) in [6, 6.07) is 4.54. The Labute approximate surface area is 143 Å². The monoisotopic (exact) mass is 344 g/mol. The molecule has 0 aromatic heterocycles. The van der Waals surface area contributed by atoms with E-state index in [1.807, 2.05) is 12.1 Å². The van der Waals surface area contributed by atoms with Crippen LogP contribution in [-0.4, -0.2) is 37.2 Å². The maximum Gasteiger partial charge on any atom is 0.156 e. The van der Waals surface area contributed by atoms with Crippen molar-refractivity contribution in [1.82, 2.24) is 10.2 Å². The molecule has 1 aliphatic heterocycles. The third-order valence-corrected chi connectivity index (χ3v) is 4.68. The third-order valence-electron chi connectivity index (χ3n) is 4.12. The average molecular weight is 345 g/mol. The van der Waals surface area contributed by atoms with Crippen LogP contribution in [0.4, 0.5) is 0 Å². The minimum Gasteiger partial charge on any atom is -0.490 e. The van der Waals surface area contributed by atoms with Gasteiger partial charge in [-0.2, -0.15) is 0 Å². The van der Waals surface area contributed by atoms with Gasteiger partial charge in [0.25, 0.3) is 0 Å². The van der Waals surface area contributed by atoms with Crippen molar-refractivity contribution in [1.29, 1.82) is 0 Å². The van der Waals surface area contributed by atoms with Gasteiger partial charge in [0, 0.05) is 19.1 Å². The van der Waals surface area contributed by atoms with Crippen LogP contribution in [0, 0.1) is 0 Å². The molecule has 1 saturated heterocycles. The zero-order chi connectivity index (χ0) is 15.9. The average Bonchev–Trinajstić information content (AvgIpc) is 2.94. The molecule has 1 N–H and O–H groups in total. The summed E-state index contributed by atoms with van der Waals surface area (Å²) in [5.74, 6) is 0.599.